The van der Waals surface area contributed by atoms with Crippen molar-refractivity contribution in [1.29, 1.82) is 0 Å². The minimum absolute atomic E-state index is 0.228. The Morgan fingerprint density at radius 2 is 2.41 bits per heavy atom. The number of ether oxygens (including phenoxy) is 1. The van der Waals surface area contributed by atoms with Gasteiger partial charge in [-0.15, -0.1) is 11.3 Å². The highest BCUT2D eigenvalue weighted by Gasteiger charge is 2.31. The van der Waals surface area contributed by atoms with Crippen molar-refractivity contribution in [3.63, 3.8) is 0 Å². The monoisotopic (exact) mass is 252 g/mol. The second-order valence-corrected chi connectivity index (χ2v) is 6.18. The molecule has 1 aromatic heterocycles. The Morgan fingerprint density at radius 3 is 3.18 bits per heavy atom. The first-order valence-corrected chi connectivity index (χ1v) is 7.27. The second kappa shape index (κ2) is 4.69. The Hall–Kier alpha value is -0.420. The van der Waals surface area contributed by atoms with Crippen molar-refractivity contribution in [3.05, 3.63) is 21.9 Å². The van der Waals surface area contributed by atoms with Crippen molar-refractivity contribution in [1.82, 2.24) is 4.90 Å². The summed E-state index contributed by atoms with van der Waals surface area (Å²) in [4.78, 5) is 4.13. The zero-order valence-corrected chi connectivity index (χ0v) is 11.1. The van der Waals surface area contributed by atoms with Gasteiger partial charge in [-0.25, -0.2) is 0 Å². The van der Waals surface area contributed by atoms with Crippen LogP contribution in [0.2, 0.25) is 0 Å². The number of nitrogens with zero attached hydrogens (tertiary/aromatic N) is 1. The van der Waals surface area contributed by atoms with E-state index >= 15 is 0 Å². The van der Waals surface area contributed by atoms with Crippen LogP contribution in [0, 0.1) is 5.92 Å². The van der Waals surface area contributed by atoms with Gasteiger partial charge in [-0.1, -0.05) is 0 Å². The smallest absolute Gasteiger partial charge is 0.0621 e. The normalized spacial score (nSPS) is 33.9. The summed E-state index contributed by atoms with van der Waals surface area (Å²) in [5.41, 5.74) is 7.59. The van der Waals surface area contributed by atoms with E-state index in [0.29, 0.717) is 12.0 Å². The lowest BCUT2D eigenvalue weighted by Crippen LogP contribution is -2.42. The van der Waals surface area contributed by atoms with Crippen LogP contribution in [0.5, 0.6) is 0 Å². The molecule has 3 nitrogen and oxygen atoms in total. The molecule has 1 aromatic rings. The molecule has 3 unspecified atom stereocenters. The maximum atomic E-state index is 6.07. The fourth-order valence-electron chi connectivity index (χ4n) is 2.92. The molecule has 2 N–H and O–H groups in total. The van der Waals surface area contributed by atoms with Crippen LogP contribution in [-0.4, -0.2) is 37.2 Å². The van der Waals surface area contributed by atoms with Crippen LogP contribution in [0.3, 0.4) is 0 Å². The first-order chi connectivity index (χ1) is 8.25. The van der Waals surface area contributed by atoms with Crippen molar-refractivity contribution in [3.8, 4) is 0 Å². The maximum Gasteiger partial charge on any atom is 0.0621 e. The first-order valence-electron chi connectivity index (χ1n) is 6.39. The summed E-state index contributed by atoms with van der Waals surface area (Å²) >= 11 is 1.90. The standard InChI is InChI=1S/C13H20N2OS/c1-9-11-3-5-17-13(11)2-4-15(9)6-10-7-16-8-12(10)14/h3,5,9-10,12H,2,4,6-8,14H2,1H3. The Kier molecular flexibility index (Phi) is 3.21. The molecule has 17 heavy (non-hydrogen) atoms. The molecule has 0 spiro atoms. The van der Waals surface area contributed by atoms with Crippen molar-refractivity contribution < 1.29 is 4.74 Å². The molecule has 1 fully saturated rings. The van der Waals surface area contributed by atoms with Gasteiger partial charge in [0.25, 0.3) is 0 Å². The SMILES string of the molecule is CC1c2ccsc2CCN1CC1COCC1N. The maximum absolute atomic E-state index is 6.07. The minimum atomic E-state index is 0.228. The predicted octanol–water partition coefficient (Wildman–Crippen LogP) is 1.64. The average Bonchev–Trinajstić information content (AvgIpc) is 2.92. The third-order valence-electron chi connectivity index (χ3n) is 4.12. The molecule has 2 aliphatic rings. The van der Waals surface area contributed by atoms with E-state index < -0.39 is 0 Å². The molecule has 0 saturated carbocycles. The molecule has 1 saturated heterocycles. The first kappa shape index (κ1) is 11.7. The molecule has 3 atom stereocenters. The largest absolute Gasteiger partial charge is 0.379 e. The highest BCUT2D eigenvalue weighted by atomic mass is 32.1. The molecule has 0 aromatic carbocycles. The van der Waals surface area contributed by atoms with Crippen LogP contribution >= 0.6 is 11.3 Å². The number of rotatable bonds is 2. The number of fused-ring (bicyclic) bond motifs is 1. The van der Waals surface area contributed by atoms with Crippen molar-refractivity contribution in [2.75, 3.05) is 26.3 Å². The van der Waals surface area contributed by atoms with Crippen LogP contribution in [0.15, 0.2) is 11.4 Å². The Labute approximate surface area is 107 Å². The van der Waals surface area contributed by atoms with E-state index in [1.54, 1.807) is 4.88 Å². The number of nitrogens with two attached hydrogens (primary N) is 1. The van der Waals surface area contributed by atoms with Gasteiger partial charge in [0, 0.05) is 36.0 Å². The van der Waals surface area contributed by atoms with Gasteiger partial charge in [0.05, 0.1) is 13.2 Å². The summed E-state index contributed by atoms with van der Waals surface area (Å²) in [6, 6.07) is 3.05. The van der Waals surface area contributed by atoms with Crippen LogP contribution in [0.25, 0.3) is 0 Å². The molecule has 3 rings (SSSR count). The molecule has 4 heteroatoms. The summed E-state index contributed by atoms with van der Waals surface area (Å²) in [6.07, 6.45) is 1.19. The quantitative estimate of drug-likeness (QED) is 0.869. The van der Waals surface area contributed by atoms with Gasteiger partial charge in [0.15, 0.2) is 0 Å². The molecule has 3 heterocycles. The van der Waals surface area contributed by atoms with Gasteiger partial charge in [-0.2, -0.15) is 0 Å². The van der Waals surface area contributed by atoms with E-state index in [1.807, 2.05) is 11.3 Å². The second-order valence-electron chi connectivity index (χ2n) is 5.18. The zero-order chi connectivity index (χ0) is 11.8. The molecule has 0 amide bonds. The molecule has 94 valence electrons. The lowest BCUT2D eigenvalue weighted by atomic mass is 9.97. The third kappa shape index (κ3) is 2.15. The molecule has 0 radical (unpaired) electrons. The Balaban J connectivity index is 1.69. The van der Waals surface area contributed by atoms with Gasteiger partial charge in [-0.05, 0) is 30.4 Å². The lowest BCUT2D eigenvalue weighted by molar-refractivity contribution is 0.143. The van der Waals surface area contributed by atoms with Crippen LogP contribution in [0.4, 0.5) is 0 Å². The fraction of sp³-hybridized carbons (Fsp3) is 0.692. The van der Waals surface area contributed by atoms with Gasteiger partial charge >= 0.3 is 0 Å². The third-order valence-corrected chi connectivity index (χ3v) is 5.12. The Bertz CT molecular complexity index is 393. The lowest BCUT2D eigenvalue weighted by Gasteiger charge is -2.35. The number of hydrogen-bond acceptors (Lipinski definition) is 4. The highest BCUT2D eigenvalue weighted by molar-refractivity contribution is 7.10. The zero-order valence-electron chi connectivity index (χ0n) is 10.3. The summed E-state index contributed by atoms with van der Waals surface area (Å²) in [5.74, 6) is 0.512. The fourth-order valence-corrected chi connectivity index (χ4v) is 3.88. The molecular weight excluding hydrogens is 232 g/mol. The Morgan fingerprint density at radius 1 is 1.53 bits per heavy atom. The van der Waals surface area contributed by atoms with E-state index in [9.17, 15) is 0 Å². The summed E-state index contributed by atoms with van der Waals surface area (Å²) in [6.45, 7) is 6.12. The molecule has 2 aliphatic heterocycles. The summed E-state index contributed by atoms with van der Waals surface area (Å²) in [7, 11) is 0. The molecule has 0 bridgehead atoms. The summed E-state index contributed by atoms with van der Waals surface area (Å²) < 4.78 is 5.45. The van der Waals surface area contributed by atoms with E-state index in [4.69, 9.17) is 10.5 Å². The predicted molar refractivity (Wildman–Crippen MR) is 70.3 cm³/mol. The van der Waals surface area contributed by atoms with Crippen molar-refractivity contribution >= 4 is 11.3 Å². The van der Waals surface area contributed by atoms with Gasteiger partial charge < -0.3 is 10.5 Å². The van der Waals surface area contributed by atoms with Crippen LogP contribution in [-0.2, 0) is 11.2 Å². The molecular formula is C13H20N2OS. The molecule has 0 aliphatic carbocycles. The minimum Gasteiger partial charge on any atom is -0.379 e. The van der Waals surface area contributed by atoms with Gasteiger partial charge in [0.1, 0.15) is 0 Å². The van der Waals surface area contributed by atoms with E-state index in [0.717, 1.165) is 26.3 Å². The van der Waals surface area contributed by atoms with Crippen molar-refractivity contribution in [2.45, 2.75) is 25.4 Å². The topological polar surface area (TPSA) is 38.5 Å². The van der Waals surface area contributed by atoms with Gasteiger partial charge in [-0.3, -0.25) is 4.90 Å². The van der Waals surface area contributed by atoms with E-state index in [2.05, 4.69) is 23.3 Å². The highest BCUT2D eigenvalue weighted by Crippen LogP contribution is 2.33. The van der Waals surface area contributed by atoms with Gasteiger partial charge in [0.2, 0.25) is 0 Å². The average molecular weight is 252 g/mol. The summed E-state index contributed by atoms with van der Waals surface area (Å²) in [5, 5.41) is 2.22. The number of thiophene rings is 1. The van der Waals surface area contributed by atoms with E-state index in [1.165, 1.54) is 12.0 Å². The van der Waals surface area contributed by atoms with Crippen LogP contribution < -0.4 is 5.73 Å². The van der Waals surface area contributed by atoms with E-state index in [-0.39, 0.29) is 6.04 Å². The van der Waals surface area contributed by atoms with Crippen molar-refractivity contribution in [2.24, 2.45) is 11.7 Å². The number of hydrogen-bond donors (Lipinski definition) is 1. The van der Waals surface area contributed by atoms with Crippen LogP contribution in [0.1, 0.15) is 23.4 Å².